The molecule has 0 unspecified atom stereocenters. The van der Waals surface area contributed by atoms with E-state index in [9.17, 15) is 4.79 Å². The number of carbonyl (C=O) groups excluding carboxylic acids is 1. The second-order valence-corrected chi connectivity index (χ2v) is 3.98. The molecule has 2 rings (SSSR count). The van der Waals surface area contributed by atoms with E-state index in [1.54, 1.807) is 6.07 Å². The summed E-state index contributed by atoms with van der Waals surface area (Å²) in [6.07, 6.45) is 2.77. The smallest absolute Gasteiger partial charge is 0.349 e. The van der Waals surface area contributed by atoms with E-state index in [4.69, 9.17) is 10.00 Å². The standard InChI is InChI=1S/C15H12N4O2/c1-2-8-21-15(20)12(10-16)9-13-14(18-19-17-13)11-6-4-3-5-7-11/h2-7,9H,1,8H2,(H,17,18,19). The van der Waals surface area contributed by atoms with Gasteiger partial charge in [-0.15, -0.1) is 0 Å². The van der Waals surface area contributed by atoms with E-state index in [-0.39, 0.29) is 12.2 Å². The minimum Gasteiger partial charge on any atom is -0.457 e. The highest BCUT2D eigenvalue weighted by molar-refractivity contribution is 5.98. The Bertz CT molecular complexity index is 711. The third kappa shape index (κ3) is 3.42. The van der Waals surface area contributed by atoms with Crippen molar-refractivity contribution in [3.63, 3.8) is 0 Å². The Morgan fingerprint density at radius 2 is 2.14 bits per heavy atom. The van der Waals surface area contributed by atoms with Crippen LogP contribution in [0, 0.1) is 11.3 Å². The molecule has 0 saturated carbocycles. The number of nitrogens with zero attached hydrogens (tertiary/aromatic N) is 3. The maximum Gasteiger partial charge on any atom is 0.349 e. The first-order chi connectivity index (χ1) is 10.3. The van der Waals surface area contributed by atoms with E-state index in [0.717, 1.165) is 5.56 Å². The topological polar surface area (TPSA) is 91.7 Å². The lowest BCUT2D eigenvalue weighted by molar-refractivity contribution is -0.137. The molecule has 1 aromatic heterocycles. The second kappa shape index (κ2) is 6.82. The number of esters is 1. The number of nitriles is 1. The molecule has 0 saturated heterocycles. The average molecular weight is 280 g/mol. The SMILES string of the molecule is C=CCOC(=O)C(C#N)=Cc1n[nH]nc1-c1ccccc1. The highest BCUT2D eigenvalue weighted by atomic mass is 16.5. The van der Waals surface area contributed by atoms with Crippen LogP contribution in [0.15, 0.2) is 48.6 Å². The van der Waals surface area contributed by atoms with Gasteiger partial charge in [0.2, 0.25) is 0 Å². The fourth-order valence-corrected chi connectivity index (χ4v) is 1.63. The minimum atomic E-state index is -0.723. The Morgan fingerprint density at radius 1 is 1.38 bits per heavy atom. The normalized spacial score (nSPS) is 10.7. The summed E-state index contributed by atoms with van der Waals surface area (Å²) in [4.78, 5) is 11.7. The van der Waals surface area contributed by atoms with Gasteiger partial charge < -0.3 is 4.74 Å². The first-order valence-electron chi connectivity index (χ1n) is 6.12. The van der Waals surface area contributed by atoms with Crippen molar-refractivity contribution in [1.82, 2.24) is 15.4 Å². The van der Waals surface area contributed by atoms with Gasteiger partial charge in [0, 0.05) is 5.56 Å². The summed E-state index contributed by atoms with van der Waals surface area (Å²) in [5.41, 5.74) is 1.63. The second-order valence-electron chi connectivity index (χ2n) is 3.98. The van der Waals surface area contributed by atoms with Gasteiger partial charge in [-0.2, -0.15) is 20.7 Å². The zero-order chi connectivity index (χ0) is 15.1. The van der Waals surface area contributed by atoms with E-state index in [0.29, 0.717) is 11.4 Å². The van der Waals surface area contributed by atoms with Gasteiger partial charge >= 0.3 is 5.97 Å². The third-order valence-electron chi connectivity index (χ3n) is 2.58. The van der Waals surface area contributed by atoms with E-state index in [1.165, 1.54) is 12.2 Å². The molecule has 0 atom stereocenters. The monoisotopic (exact) mass is 280 g/mol. The molecule has 0 fully saturated rings. The van der Waals surface area contributed by atoms with Crippen LogP contribution < -0.4 is 0 Å². The average Bonchev–Trinajstić information content (AvgIpc) is 2.99. The van der Waals surface area contributed by atoms with Crippen LogP contribution >= 0.6 is 0 Å². The maximum absolute atomic E-state index is 11.7. The van der Waals surface area contributed by atoms with Gasteiger partial charge in [0.05, 0.1) is 0 Å². The van der Waals surface area contributed by atoms with Crippen molar-refractivity contribution in [2.24, 2.45) is 0 Å². The summed E-state index contributed by atoms with van der Waals surface area (Å²) in [6.45, 7) is 3.48. The highest BCUT2D eigenvalue weighted by Gasteiger charge is 2.14. The molecular weight excluding hydrogens is 268 g/mol. The predicted molar refractivity (Wildman–Crippen MR) is 76.6 cm³/mol. The molecule has 0 amide bonds. The number of nitrogens with one attached hydrogen (secondary N) is 1. The predicted octanol–water partition coefficient (Wildman–Crippen LogP) is 2.11. The molecule has 6 heteroatoms. The molecule has 1 N–H and O–H groups in total. The van der Waals surface area contributed by atoms with Crippen LogP contribution in [0.5, 0.6) is 0 Å². The number of aromatic nitrogens is 3. The Hall–Kier alpha value is -3.20. The van der Waals surface area contributed by atoms with Crippen LogP contribution in [0.25, 0.3) is 17.3 Å². The van der Waals surface area contributed by atoms with Crippen LogP contribution in [0.1, 0.15) is 5.69 Å². The molecule has 0 aliphatic heterocycles. The highest BCUT2D eigenvalue weighted by Crippen LogP contribution is 2.21. The number of carbonyl (C=O) groups is 1. The molecule has 6 nitrogen and oxygen atoms in total. The van der Waals surface area contributed by atoms with Crippen molar-refractivity contribution in [2.45, 2.75) is 0 Å². The van der Waals surface area contributed by atoms with Gasteiger partial charge in [0.1, 0.15) is 29.6 Å². The molecule has 1 aromatic carbocycles. The summed E-state index contributed by atoms with van der Waals surface area (Å²) in [7, 11) is 0. The van der Waals surface area contributed by atoms with Crippen molar-refractivity contribution in [3.05, 3.63) is 54.3 Å². The quantitative estimate of drug-likeness (QED) is 0.392. The minimum absolute atomic E-state index is 0.0439. The summed E-state index contributed by atoms with van der Waals surface area (Å²) in [5.74, 6) is -0.723. The molecule has 0 radical (unpaired) electrons. The molecule has 21 heavy (non-hydrogen) atoms. The van der Waals surface area contributed by atoms with E-state index in [1.807, 2.05) is 30.3 Å². The van der Waals surface area contributed by atoms with Gasteiger partial charge in [-0.25, -0.2) is 4.79 Å². The first-order valence-corrected chi connectivity index (χ1v) is 6.12. The number of hydrogen-bond acceptors (Lipinski definition) is 5. The number of hydrogen-bond donors (Lipinski definition) is 1. The summed E-state index contributed by atoms with van der Waals surface area (Å²) < 4.78 is 4.83. The van der Waals surface area contributed by atoms with Crippen molar-refractivity contribution < 1.29 is 9.53 Å². The Kier molecular flexibility index (Phi) is 4.62. The lowest BCUT2D eigenvalue weighted by atomic mass is 10.1. The largest absolute Gasteiger partial charge is 0.457 e. The fourth-order valence-electron chi connectivity index (χ4n) is 1.63. The lowest BCUT2D eigenvalue weighted by Crippen LogP contribution is -2.06. The van der Waals surface area contributed by atoms with E-state index in [2.05, 4.69) is 22.0 Å². The van der Waals surface area contributed by atoms with Crippen LogP contribution in [-0.4, -0.2) is 28.0 Å². The summed E-state index contributed by atoms with van der Waals surface area (Å²) in [6, 6.07) is 11.1. The molecule has 1 heterocycles. The Labute approximate surface area is 121 Å². The van der Waals surface area contributed by atoms with Crippen molar-refractivity contribution in [1.29, 1.82) is 5.26 Å². The lowest BCUT2D eigenvalue weighted by Gasteiger charge is -2.00. The van der Waals surface area contributed by atoms with Gasteiger partial charge in [0.15, 0.2) is 0 Å². The molecule has 0 bridgehead atoms. The maximum atomic E-state index is 11.7. The van der Waals surface area contributed by atoms with Gasteiger partial charge in [-0.1, -0.05) is 43.0 Å². The van der Waals surface area contributed by atoms with Crippen LogP contribution in [0.3, 0.4) is 0 Å². The fraction of sp³-hybridized carbons (Fsp3) is 0.0667. The number of benzene rings is 1. The zero-order valence-corrected chi connectivity index (χ0v) is 11.1. The number of ether oxygens (including phenoxy) is 1. The van der Waals surface area contributed by atoms with Crippen LogP contribution in [0.4, 0.5) is 0 Å². The van der Waals surface area contributed by atoms with Crippen LogP contribution in [0.2, 0.25) is 0 Å². The third-order valence-corrected chi connectivity index (χ3v) is 2.58. The summed E-state index contributed by atoms with van der Waals surface area (Å²) in [5, 5.41) is 19.5. The molecule has 0 aliphatic rings. The molecular formula is C15H12N4O2. The van der Waals surface area contributed by atoms with Gasteiger partial charge in [-0.3, -0.25) is 0 Å². The van der Waals surface area contributed by atoms with Gasteiger partial charge in [-0.05, 0) is 6.08 Å². The van der Waals surface area contributed by atoms with Crippen LogP contribution in [-0.2, 0) is 9.53 Å². The number of H-pyrrole nitrogens is 1. The summed E-state index contributed by atoms with van der Waals surface area (Å²) >= 11 is 0. The Morgan fingerprint density at radius 3 is 2.81 bits per heavy atom. The molecule has 2 aromatic rings. The van der Waals surface area contributed by atoms with Crippen molar-refractivity contribution in [3.8, 4) is 17.3 Å². The number of rotatable bonds is 5. The number of aromatic amines is 1. The van der Waals surface area contributed by atoms with E-state index < -0.39 is 5.97 Å². The molecule has 104 valence electrons. The molecule has 0 spiro atoms. The molecule has 0 aliphatic carbocycles. The zero-order valence-electron chi connectivity index (χ0n) is 11.1. The van der Waals surface area contributed by atoms with Gasteiger partial charge in [0.25, 0.3) is 0 Å². The van der Waals surface area contributed by atoms with Crippen molar-refractivity contribution in [2.75, 3.05) is 6.61 Å². The van der Waals surface area contributed by atoms with Crippen molar-refractivity contribution >= 4 is 12.0 Å². The Balaban J connectivity index is 2.33. The van der Waals surface area contributed by atoms with E-state index >= 15 is 0 Å². The first kappa shape index (κ1) is 14.2.